The molecular formula is C8H2ClN2S. The van der Waals surface area contributed by atoms with Crippen molar-refractivity contribution in [2.45, 2.75) is 4.90 Å². The van der Waals surface area contributed by atoms with E-state index in [9.17, 15) is 0 Å². The van der Waals surface area contributed by atoms with E-state index >= 15 is 0 Å². The summed E-state index contributed by atoms with van der Waals surface area (Å²) in [6, 6.07) is 7.67. The Morgan fingerprint density at radius 3 is 2.83 bits per heavy atom. The van der Waals surface area contributed by atoms with Crippen molar-refractivity contribution in [3.8, 4) is 11.5 Å². The Bertz CT molecular complexity index is 376. The van der Waals surface area contributed by atoms with Crippen molar-refractivity contribution >= 4 is 23.4 Å². The Morgan fingerprint density at radius 2 is 2.25 bits per heavy atom. The molecule has 0 aromatic heterocycles. The SMILES string of the molecule is N#CSc1c[c]c(Cl)cc1C#N. The molecule has 0 aliphatic carbocycles. The predicted octanol–water partition coefficient (Wildman–Crippen LogP) is 2.59. The first-order valence-electron chi connectivity index (χ1n) is 2.95. The van der Waals surface area contributed by atoms with Gasteiger partial charge in [0.1, 0.15) is 11.5 Å². The Balaban J connectivity index is 3.15. The van der Waals surface area contributed by atoms with E-state index < -0.39 is 0 Å². The van der Waals surface area contributed by atoms with Crippen LogP contribution >= 0.6 is 23.4 Å². The van der Waals surface area contributed by atoms with Crippen LogP contribution in [0.3, 0.4) is 0 Å². The maximum Gasteiger partial charge on any atom is 0.138 e. The number of thiocyanates is 1. The minimum atomic E-state index is 0.383. The predicted molar refractivity (Wildman–Crippen MR) is 46.5 cm³/mol. The maximum absolute atomic E-state index is 8.62. The van der Waals surface area contributed by atoms with Crippen LogP contribution < -0.4 is 0 Å². The second-order valence-corrected chi connectivity index (χ2v) is 3.10. The van der Waals surface area contributed by atoms with E-state index in [1.54, 1.807) is 0 Å². The van der Waals surface area contributed by atoms with Gasteiger partial charge in [-0.1, -0.05) is 11.6 Å². The van der Waals surface area contributed by atoms with E-state index in [0.29, 0.717) is 15.5 Å². The largest absolute Gasteiger partial charge is 0.192 e. The Labute approximate surface area is 79.4 Å². The molecule has 1 aromatic rings. The molecule has 0 bridgehead atoms. The van der Waals surface area contributed by atoms with Crippen molar-refractivity contribution in [3.63, 3.8) is 0 Å². The highest BCUT2D eigenvalue weighted by Gasteiger charge is 2.02. The molecule has 1 aromatic carbocycles. The van der Waals surface area contributed by atoms with Gasteiger partial charge in [-0.15, -0.1) is 0 Å². The lowest BCUT2D eigenvalue weighted by Crippen LogP contribution is -1.79. The quantitative estimate of drug-likeness (QED) is 0.509. The highest BCUT2D eigenvalue weighted by molar-refractivity contribution is 8.03. The molecule has 1 rings (SSSR count). The molecule has 0 spiro atoms. The van der Waals surface area contributed by atoms with Crippen molar-refractivity contribution in [1.82, 2.24) is 0 Å². The van der Waals surface area contributed by atoms with E-state index in [1.165, 1.54) is 12.1 Å². The maximum atomic E-state index is 8.62. The fraction of sp³-hybridized carbons (Fsp3) is 0. The van der Waals surface area contributed by atoms with Gasteiger partial charge in [0.05, 0.1) is 5.56 Å². The molecule has 4 heteroatoms. The smallest absolute Gasteiger partial charge is 0.138 e. The van der Waals surface area contributed by atoms with Gasteiger partial charge in [-0.3, -0.25) is 0 Å². The molecule has 0 saturated heterocycles. The van der Waals surface area contributed by atoms with Crippen molar-refractivity contribution < 1.29 is 0 Å². The van der Waals surface area contributed by atoms with Gasteiger partial charge >= 0.3 is 0 Å². The third-order valence-corrected chi connectivity index (χ3v) is 2.02. The van der Waals surface area contributed by atoms with Crippen LogP contribution in [0.4, 0.5) is 0 Å². The zero-order valence-corrected chi connectivity index (χ0v) is 7.41. The third-order valence-electron chi connectivity index (χ3n) is 1.15. The second kappa shape index (κ2) is 4.01. The minimum Gasteiger partial charge on any atom is -0.192 e. The average molecular weight is 194 g/mol. The number of benzene rings is 1. The summed E-state index contributed by atoms with van der Waals surface area (Å²) >= 11 is 6.53. The summed E-state index contributed by atoms with van der Waals surface area (Å²) in [6.45, 7) is 0. The van der Waals surface area contributed by atoms with Gasteiger partial charge in [0.25, 0.3) is 0 Å². The van der Waals surface area contributed by atoms with Crippen molar-refractivity contribution in [2.24, 2.45) is 0 Å². The van der Waals surface area contributed by atoms with Crippen LogP contribution in [-0.4, -0.2) is 0 Å². The number of rotatable bonds is 1. The number of nitrogens with zero attached hydrogens (tertiary/aromatic N) is 2. The molecule has 0 aliphatic rings. The zero-order chi connectivity index (χ0) is 8.97. The molecule has 0 N–H and O–H groups in total. The van der Waals surface area contributed by atoms with Crippen LogP contribution in [0.5, 0.6) is 0 Å². The first kappa shape index (κ1) is 8.93. The van der Waals surface area contributed by atoms with Crippen molar-refractivity contribution in [1.29, 1.82) is 10.5 Å². The summed E-state index contributed by atoms with van der Waals surface area (Å²) in [5.74, 6) is 0. The average Bonchev–Trinajstić information content (AvgIpc) is 2.08. The summed E-state index contributed by atoms with van der Waals surface area (Å²) < 4.78 is 0. The highest BCUT2D eigenvalue weighted by Crippen LogP contribution is 2.23. The number of nitriles is 2. The van der Waals surface area contributed by atoms with Crippen LogP contribution in [0, 0.1) is 28.1 Å². The molecule has 0 atom stereocenters. The van der Waals surface area contributed by atoms with Gasteiger partial charge < -0.3 is 0 Å². The van der Waals surface area contributed by atoms with Gasteiger partial charge in [0.2, 0.25) is 0 Å². The minimum absolute atomic E-state index is 0.383. The molecule has 57 valence electrons. The second-order valence-electron chi connectivity index (χ2n) is 1.86. The fourth-order valence-electron chi connectivity index (χ4n) is 0.673. The third kappa shape index (κ3) is 1.92. The Kier molecular flexibility index (Phi) is 2.99. The van der Waals surface area contributed by atoms with Crippen LogP contribution in [0.1, 0.15) is 5.56 Å². The lowest BCUT2D eigenvalue weighted by Gasteiger charge is -1.96. The molecule has 0 heterocycles. The van der Waals surface area contributed by atoms with Gasteiger partial charge in [0.15, 0.2) is 0 Å². The van der Waals surface area contributed by atoms with E-state index in [2.05, 4.69) is 6.07 Å². The Hall–Kier alpha value is -1.16. The molecule has 2 nitrogen and oxygen atoms in total. The van der Waals surface area contributed by atoms with Gasteiger partial charge in [-0.2, -0.15) is 10.5 Å². The van der Waals surface area contributed by atoms with Gasteiger partial charge in [0, 0.05) is 16.0 Å². The summed E-state index contributed by atoms with van der Waals surface area (Å²) in [7, 11) is 0. The molecule has 0 amide bonds. The Morgan fingerprint density at radius 1 is 1.50 bits per heavy atom. The monoisotopic (exact) mass is 193 g/mol. The molecule has 1 radical (unpaired) electrons. The fourth-order valence-corrected chi connectivity index (χ4v) is 1.27. The lowest BCUT2D eigenvalue weighted by atomic mass is 10.2. The van der Waals surface area contributed by atoms with E-state index in [0.717, 1.165) is 11.8 Å². The molecule has 0 fully saturated rings. The van der Waals surface area contributed by atoms with Gasteiger partial charge in [-0.25, -0.2) is 0 Å². The highest BCUT2D eigenvalue weighted by atomic mass is 35.5. The van der Waals surface area contributed by atoms with E-state index in [-0.39, 0.29) is 0 Å². The van der Waals surface area contributed by atoms with Crippen molar-refractivity contribution in [2.75, 3.05) is 0 Å². The number of hydrogen-bond donors (Lipinski definition) is 0. The van der Waals surface area contributed by atoms with Crippen molar-refractivity contribution in [3.05, 3.63) is 28.8 Å². The van der Waals surface area contributed by atoms with Gasteiger partial charge in [-0.05, 0) is 23.9 Å². The summed E-state index contributed by atoms with van der Waals surface area (Å²) in [4.78, 5) is 0.587. The topological polar surface area (TPSA) is 47.6 Å². The summed E-state index contributed by atoms with van der Waals surface area (Å²) in [5, 5.41) is 19.3. The standard InChI is InChI=1S/C8H2ClN2S/c9-7-1-2-8(12-5-11)6(3-7)4-10/h2-3H. The number of halogens is 1. The molecule has 0 saturated carbocycles. The molecule has 0 unspecified atom stereocenters. The van der Waals surface area contributed by atoms with Crippen LogP contribution in [0.2, 0.25) is 5.02 Å². The van der Waals surface area contributed by atoms with Crippen LogP contribution in [-0.2, 0) is 0 Å². The first-order valence-corrected chi connectivity index (χ1v) is 4.14. The first-order chi connectivity index (χ1) is 5.77. The molecular weight excluding hydrogens is 192 g/mol. The molecule has 12 heavy (non-hydrogen) atoms. The summed E-state index contributed by atoms with van der Waals surface area (Å²) in [6.07, 6.45) is 0. The van der Waals surface area contributed by atoms with E-state index in [4.69, 9.17) is 22.1 Å². The van der Waals surface area contributed by atoms with Crippen LogP contribution in [0.15, 0.2) is 17.0 Å². The number of hydrogen-bond acceptors (Lipinski definition) is 3. The van der Waals surface area contributed by atoms with Crippen LogP contribution in [0.25, 0.3) is 0 Å². The lowest BCUT2D eigenvalue weighted by molar-refractivity contribution is 1.37. The van der Waals surface area contributed by atoms with E-state index in [1.807, 2.05) is 11.5 Å². The molecule has 0 aliphatic heterocycles. The zero-order valence-electron chi connectivity index (χ0n) is 5.84. The summed E-state index contributed by atoms with van der Waals surface area (Å²) in [5.41, 5.74) is 0.408. The number of thioether (sulfide) groups is 1. The normalized spacial score (nSPS) is 8.58.